The third-order valence-electron chi connectivity index (χ3n) is 8.09. The largest absolute Gasteiger partial charge is 0.462 e. The Morgan fingerprint density at radius 1 is 0.646 bits per heavy atom. The fraction of sp³-hybridized carbons (Fsp3) is 0.100. The first-order valence-electron chi connectivity index (χ1n) is 15.6. The number of nitrogens with zero attached hydrogens (tertiary/aromatic N) is 2. The molecule has 0 aliphatic carbocycles. The van der Waals surface area contributed by atoms with E-state index >= 15 is 0 Å². The van der Waals surface area contributed by atoms with Gasteiger partial charge >= 0.3 is 11.9 Å². The first kappa shape index (κ1) is 30.2. The second-order valence-corrected chi connectivity index (χ2v) is 11.1. The third kappa shape index (κ3) is 5.70. The lowest BCUT2D eigenvalue weighted by molar-refractivity contribution is 0.0517. The average Bonchev–Trinajstić information content (AvgIpc) is 3.93. The van der Waals surface area contributed by atoms with E-state index in [0.717, 1.165) is 61.4 Å². The first-order valence-corrected chi connectivity index (χ1v) is 15.6. The molecule has 8 heteroatoms. The molecule has 2 aromatic carbocycles. The predicted molar refractivity (Wildman–Crippen MR) is 190 cm³/mol. The zero-order valence-corrected chi connectivity index (χ0v) is 26.3. The van der Waals surface area contributed by atoms with Gasteiger partial charge in [0.05, 0.1) is 58.2 Å². The summed E-state index contributed by atoms with van der Waals surface area (Å²) in [6, 6.07) is 24.5. The van der Waals surface area contributed by atoms with Crippen LogP contribution in [-0.4, -0.2) is 45.1 Å². The Bertz CT molecular complexity index is 2290. The van der Waals surface area contributed by atoms with Gasteiger partial charge in [-0.1, -0.05) is 30.2 Å². The molecule has 2 N–H and O–H groups in total. The van der Waals surface area contributed by atoms with Gasteiger partial charge in [0.2, 0.25) is 0 Å². The van der Waals surface area contributed by atoms with Crippen LogP contribution in [0.3, 0.4) is 0 Å². The molecule has 0 atom stereocenters. The number of hydrogen-bond acceptors (Lipinski definition) is 6. The van der Waals surface area contributed by atoms with Gasteiger partial charge < -0.3 is 19.4 Å². The van der Waals surface area contributed by atoms with Crippen molar-refractivity contribution in [1.82, 2.24) is 19.9 Å². The van der Waals surface area contributed by atoms with Gasteiger partial charge in [0, 0.05) is 27.7 Å². The van der Waals surface area contributed by atoms with Crippen LogP contribution in [0, 0.1) is 12.3 Å². The third-order valence-corrected chi connectivity index (χ3v) is 8.09. The molecule has 7 rings (SSSR count). The summed E-state index contributed by atoms with van der Waals surface area (Å²) in [5.74, 6) is 2.11. The van der Waals surface area contributed by atoms with Crippen LogP contribution in [0.5, 0.6) is 0 Å². The summed E-state index contributed by atoms with van der Waals surface area (Å²) in [5, 5.41) is 0. The summed E-state index contributed by atoms with van der Waals surface area (Å²) in [6.07, 6.45) is 13.9. The normalized spacial score (nSPS) is 11.7. The summed E-state index contributed by atoms with van der Waals surface area (Å²) in [5.41, 5.74) is 11.1. The maximum atomic E-state index is 12.3. The Kier molecular flexibility index (Phi) is 8.02. The number of hydrogen-bond donors (Lipinski definition) is 2. The maximum Gasteiger partial charge on any atom is 0.338 e. The van der Waals surface area contributed by atoms with Gasteiger partial charge in [-0.15, -0.1) is 6.42 Å². The van der Waals surface area contributed by atoms with Gasteiger partial charge in [-0.2, -0.15) is 0 Å². The number of benzene rings is 2. The van der Waals surface area contributed by atoms with E-state index < -0.39 is 0 Å². The molecule has 234 valence electrons. The van der Waals surface area contributed by atoms with Crippen molar-refractivity contribution in [3.8, 4) is 34.6 Å². The Morgan fingerprint density at radius 3 is 1.77 bits per heavy atom. The summed E-state index contributed by atoms with van der Waals surface area (Å²) in [4.78, 5) is 41.7. The van der Waals surface area contributed by atoms with E-state index in [9.17, 15) is 9.59 Å². The van der Waals surface area contributed by atoms with Crippen molar-refractivity contribution in [3.05, 3.63) is 118 Å². The standard InChI is InChI=1S/C40H30N4O4/c1-4-30-31-19-21-35(43-31)37(24-7-11-26(12-8-24)39(45)47-5-2)33-17-15-28(41-33)23-29-16-18-34(42-29)38(36-22-20-32(30)44-36)25-9-13-27(14-10-25)40(46)48-6-3/h1,7-23,41,44H,5-6H2,2-3H3. The van der Waals surface area contributed by atoms with Gasteiger partial charge in [0.25, 0.3) is 0 Å². The number of carbonyl (C=O) groups excluding carboxylic acids is 2. The molecule has 0 saturated heterocycles. The van der Waals surface area contributed by atoms with Gasteiger partial charge in [-0.05, 0) is 104 Å². The molecule has 8 bridgehead atoms. The molecule has 5 aromatic rings. The molecule has 0 radical (unpaired) electrons. The second kappa shape index (κ2) is 12.7. The molecule has 2 aliphatic heterocycles. The highest BCUT2D eigenvalue weighted by molar-refractivity contribution is 5.96. The smallest absolute Gasteiger partial charge is 0.338 e. The van der Waals surface area contributed by atoms with Crippen molar-refractivity contribution >= 4 is 58.3 Å². The number of H-pyrrole nitrogens is 2. The van der Waals surface area contributed by atoms with E-state index in [1.807, 2.05) is 78.9 Å². The Hall–Kier alpha value is -6.46. The number of terminal acetylenes is 1. The highest BCUT2D eigenvalue weighted by atomic mass is 16.5. The molecular weight excluding hydrogens is 600 g/mol. The fourth-order valence-corrected chi connectivity index (χ4v) is 5.87. The summed E-state index contributed by atoms with van der Waals surface area (Å²) >= 11 is 0. The van der Waals surface area contributed by atoms with Crippen LogP contribution in [0.1, 0.15) is 62.9 Å². The fourth-order valence-electron chi connectivity index (χ4n) is 5.87. The molecule has 0 spiro atoms. The number of nitrogens with one attached hydrogen (secondary N) is 2. The minimum absolute atomic E-state index is 0.305. The summed E-state index contributed by atoms with van der Waals surface area (Å²) < 4.78 is 10.4. The summed E-state index contributed by atoms with van der Waals surface area (Å²) in [6.45, 7) is 4.18. The van der Waals surface area contributed by atoms with Crippen LogP contribution >= 0.6 is 0 Å². The van der Waals surface area contributed by atoms with Crippen LogP contribution in [-0.2, 0) is 9.47 Å². The van der Waals surface area contributed by atoms with Crippen LogP contribution in [0.2, 0.25) is 0 Å². The van der Waals surface area contributed by atoms with E-state index in [1.54, 1.807) is 38.1 Å². The lowest BCUT2D eigenvalue weighted by Crippen LogP contribution is -2.04. The molecule has 5 heterocycles. The zero-order chi connectivity index (χ0) is 33.2. The lowest BCUT2D eigenvalue weighted by atomic mass is 10.0. The quantitative estimate of drug-likeness (QED) is 0.141. The molecule has 3 aromatic heterocycles. The molecule has 0 amide bonds. The number of fused-ring (bicyclic) bond motifs is 8. The second-order valence-electron chi connectivity index (χ2n) is 11.1. The predicted octanol–water partition coefficient (Wildman–Crippen LogP) is 8.32. The number of ether oxygens (including phenoxy) is 2. The van der Waals surface area contributed by atoms with Crippen molar-refractivity contribution in [1.29, 1.82) is 0 Å². The topological polar surface area (TPSA) is 110 Å². The van der Waals surface area contributed by atoms with E-state index in [1.165, 1.54) is 0 Å². The molecule has 0 unspecified atom stereocenters. The van der Waals surface area contributed by atoms with Gasteiger partial charge in [-0.3, -0.25) is 0 Å². The number of aromatic amines is 2. The van der Waals surface area contributed by atoms with Gasteiger partial charge in [-0.25, -0.2) is 19.6 Å². The molecule has 0 fully saturated rings. The molecule has 48 heavy (non-hydrogen) atoms. The Labute approximate surface area is 276 Å². The maximum absolute atomic E-state index is 12.3. The first-order chi connectivity index (χ1) is 23.4. The van der Waals surface area contributed by atoms with E-state index in [4.69, 9.17) is 25.9 Å². The van der Waals surface area contributed by atoms with Crippen LogP contribution in [0.4, 0.5) is 0 Å². The number of aromatic nitrogens is 4. The lowest BCUT2D eigenvalue weighted by Gasteiger charge is -2.06. The zero-order valence-electron chi connectivity index (χ0n) is 26.3. The van der Waals surface area contributed by atoms with Crippen molar-refractivity contribution < 1.29 is 19.1 Å². The van der Waals surface area contributed by atoms with Crippen LogP contribution < -0.4 is 0 Å². The van der Waals surface area contributed by atoms with E-state index in [0.29, 0.717) is 35.6 Å². The van der Waals surface area contributed by atoms with Crippen molar-refractivity contribution in [3.63, 3.8) is 0 Å². The monoisotopic (exact) mass is 630 g/mol. The SMILES string of the molecule is C#Cc1c2nc(c(-c3ccc(C(=O)OCC)cc3)c3ccc(cc4nc(c(-c5ccc(C(=O)OCC)cc5)c5ccc1[nH]5)C=C4)[nH]3)C=C2. The molecule has 2 aliphatic rings. The number of rotatable bonds is 6. The van der Waals surface area contributed by atoms with E-state index in [-0.39, 0.29) is 11.9 Å². The summed E-state index contributed by atoms with van der Waals surface area (Å²) in [7, 11) is 0. The van der Waals surface area contributed by atoms with Gasteiger partial charge in [0.1, 0.15) is 0 Å². The molecule has 8 nitrogen and oxygen atoms in total. The molecular formula is C40H30N4O4. The van der Waals surface area contributed by atoms with Crippen molar-refractivity contribution in [2.75, 3.05) is 13.2 Å². The van der Waals surface area contributed by atoms with Crippen molar-refractivity contribution in [2.45, 2.75) is 13.8 Å². The number of esters is 2. The van der Waals surface area contributed by atoms with Crippen molar-refractivity contribution in [2.24, 2.45) is 0 Å². The molecule has 0 saturated carbocycles. The minimum Gasteiger partial charge on any atom is -0.462 e. The highest BCUT2D eigenvalue weighted by Gasteiger charge is 2.16. The Balaban J connectivity index is 1.47. The van der Waals surface area contributed by atoms with Gasteiger partial charge in [0.15, 0.2) is 0 Å². The van der Waals surface area contributed by atoms with Crippen LogP contribution in [0.15, 0.2) is 78.9 Å². The minimum atomic E-state index is -0.369. The average molecular weight is 631 g/mol. The van der Waals surface area contributed by atoms with Crippen LogP contribution in [0.25, 0.3) is 68.6 Å². The number of carbonyl (C=O) groups is 2. The Morgan fingerprint density at radius 2 is 1.17 bits per heavy atom. The highest BCUT2D eigenvalue weighted by Crippen LogP contribution is 2.33. The van der Waals surface area contributed by atoms with E-state index in [2.05, 4.69) is 15.9 Å².